The minimum absolute atomic E-state index is 0.00319. The van der Waals surface area contributed by atoms with Gasteiger partial charge in [-0.1, -0.05) is 0 Å². The zero-order valence-corrected chi connectivity index (χ0v) is 10.2. The molecule has 0 amide bonds. The van der Waals surface area contributed by atoms with Gasteiger partial charge >= 0.3 is 0 Å². The molecule has 1 aromatic carbocycles. The van der Waals surface area contributed by atoms with E-state index in [1.54, 1.807) is 17.8 Å². The summed E-state index contributed by atoms with van der Waals surface area (Å²) >= 11 is 1.72. The Morgan fingerprint density at radius 1 is 1.41 bits per heavy atom. The van der Waals surface area contributed by atoms with Crippen molar-refractivity contribution in [2.75, 3.05) is 18.1 Å². The highest BCUT2D eigenvalue weighted by Gasteiger charge is 2.41. The average molecular weight is 254 g/mol. The topological polar surface area (TPSA) is 35.8 Å². The van der Waals surface area contributed by atoms with E-state index in [1.807, 2.05) is 6.26 Å². The van der Waals surface area contributed by atoms with Crippen molar-refractivity contribution in [1.29, 1.82) is 5.26 Å². The number of anilines is 1. The van der Waals surface area contributed by atoms with E-state index in [2.05, 4.69) is 5.32 Å². The molecular formula is C12H12F2N2S. The lowest BCUT2D eigenvalue weighted by atomic mass is 10.2. The van der Waals surface area contributed by atoms with Gasteiger partial charge in [0.05, 0.1) is 11.6 Å². The Labute approximate surface area is 103 Å². The third-order valence-corrected chi connectivity index (χ3v) is 4.42. The van der Waals surface area contributed by atoms with Crippen molar-refractivity contribution >= 4 is 17.4 Å². The van der Waals surface area contributed by atoms with Gasteiger partial charge in [0.25, 0.3) is 0 Å². The minimum atomic E-state index is -0.710. The van der Waals surface area contributed by atoms with Crippen LogP contribution in [-0.4, -0.2) is 17.5 Å². The van der Waals surface area contributed by atoms with Gasteiger partial charge in [0, 0.05) is 11.3 Å². The molecule has 1 fully saturated rings. The lowest BCUT2D eigenvalue weighted by molar-refractivity contribution is 0.587. The fraction of sp³-hybridized carbons (Fsp3) is 0.417. The molecule has 0 atom stereocenters. The maximum atomic E-state index is 13.5. The van der Waals surface area contributed by atoms with Gasteiger partial charge in [0.15, 0.2) is 11.6 Å². The Balaban J connectivity index is 2.14. The average Bonchev–Trinajstić information content (AvgIpc) is 3.08. The van der Waals surface area contributed by atoms with Crippen molar-refractivity contribution < 1.29 is 8.78 Å². The molecule has 1 aliphatic rings. The third-order valence-electron chi connectivity index (χ3n) is 3.00. The molecule has 1 aromatic rings. The fourth-order valence-corrected chi connectivity index (χ4v) is 2.38. The Kier molecular flexibility index (Phi) is 3.25. The highest BCUT2D eigenvalue weighted by molar-refractivity contribution is 8.00. The molecule has 2 nitrogen and oxygen atoms in total. The molecule has 2 rings (SSSR count). The zero-order valence-electron chi connectivity index (χ0n) is 9.39. The van der Waals surface area contributed by atoms with Crippen LogP contribution in [0.2, 0.25) is 0 Å². The van der Waals surface area contributed by atoms with Crippen molar-refractivity contribution in [2.45, 2.75) is 17.6 Å². The molecule has 0 bridgehead atoms. The normalized spacial score (nSPS) is 16.4. The van der Waals surface area contributed by atoms with Crippen LogP contribution in [-0.2, 0) is 0 Å². The van der Waals surface area contributed by atoms with E-state index in [0.717, 1.165) is 25.0 Å². The number of nitrogens with zero attached hydrogens (tertiary/aromatic N) is 1. The van der Waals surface area contributed by atoms with Crippen molar-refractivity contribution in [3.63, 3.8) is 0 Å². The molecule has 1 aliphatic carbocycles. The van der Waals surface area contributed by atoms with Crippen LogP contribution in [0, 0.1) is 23.0 Å². The number of halogens is 2. The summed E-state index contributed by atoms with van der Waals surface area (Å²) in [6, 6.07) is 3.81. The summed E-state index contributed by atoms with van der Waals surface area (Å²) in [7, 11) is 0. The van der Waals surface area contributed by atoms with Gasteiger partial charge in [0.1, 0.15) is 5.69 Å². The largest absolute Gasteiger partial charge is 0.379 e. The maximum absolute atomic E-state index is 13.5. The molecule has 0 unspecified atom stereocenters. The van der Waals surface area contributed by atoms with E-state index in [-0.39, 0.29) is 16.0 Å². The molecule has 90 valence electrons. The SMILES string of the molecule is CSC1(CNc2c(F)cc(C#N)cc2F)CC1. The Morgan fingerprint density at radius 3 is 2.41 bits per heavy atom. The smallest absolute Gasteiger partial charge is 0.150 e. The molecule has 0 heterocycles. The molecular weight excluding hydrogens is 242 g/mol. The van der Waals surface area contributed by atoms with Gasteiger partial charge in [-0.25, -0.2) is 8.78 Å². The van der Waals surface area contributed by atoms with Crippen molar-refractivity contribution in [3.8, 4) is 6.07 Å². The summed E-state index contributed by atoms with van der Waals surface area (Å²) in [5, 5.41) is 11.4. The van der Waals surface area contributed by atoms with Crippen LogP contribution in [0.3, 0.4) is 0 Å². The van der Waals surface area contributed by atoms with Gasteiger partial charge in [-0.15, -0.1) is 0 Å². The van der Waals surface area contributed by atoms with Crippen LogP contribution >= 0.6 is 11.8 Å². The third kappa shape index (κ3) is 2.52. The van der Waals surface area contributed by atoms with Crippen molar-refractivity contribution in [1.82, 2.24) is 0 Å². The van der Waals surface area contributed by atoms with Gasteiger partial charge in [-0.2, -0.15) is 17.0 Å². The summed E-state index contributed by atoms with van der Waals surface area (Å²) < 4.78 is 27.2. The van der Waals surface area contributed by atoms with Crippen LogP contribution in [0.1, 0.15) is 18.4 Å². The summed E-state index contributed by atoms with van der Waals surface area (Å²) in [6.07, 6.45) is 4.14. The highest BCUT2D eigenvalue weighted by Crippen LogP contribution is 2.47. The number of nitrogens with one attached hydrogen (secondary N) is 1. The molecule has 1 N–H and O–H groups in total. The predicted octanol–water partition coefficient (Wildman–Crippen LogP) is 3.14. The Hall–Kier alpha value is -1.28. The Morgan fingerprint density at radius 2 is 2.00 bits per heavy atom. The molecule has 0 aromatic heterocycles. The van der Waals surface area contributed by atoms with Gasteiger partial charge in [-0.3, -0.25) is 0 Å². The molecule has 1 saturated carbocycles. The molecule has 17 heavy (non-hydrogen) atoms. The number of hydrogen-bond donors (Lipinski definition) is 1. The quantitative estimate of drug-likeness (QED) is 0.896. The summed E-state index contributed by atoms with van der Waals surface area (Å²) in [5.74, 6) is -1.42. The van der Waals surface area contributed by atoms with Crippen LogP contribution in [0.15, 0.2) is 12.1 Å². The zero-order chi connectivity index (χ0) is 12.5. The van der Waals surface area contributed by atoms with E-state index < -0.39 is 11.6 Å². The fourth-order valence-electron chi connectivity index (χ4n) is 1.65. The van der Waals surface area contributed by atoms with Crippen LogP contribution < -0.4 is 5.32 Å². The molecule has 0 aliphatic heterocycles. The van der Waals surface area contributed by atoms with Crippen LogP contribution in [0.5, 0.6) is 0 Å². The van der Waals surface area contributed by atoms with Gasteiger partial charge in [0.2, 0.25) is 0 Å². The summed E-state index contributed by atoms with van der Waals surface area (Å²) in [5.41, 5.74) is -0.138. The standard InChI is InChI=1S/C12H12F2N2S/c1-17-12(2-3-12)7-16-11-9(13)4-8(6-15)5-10(11)14/h4-5,16H,2-3,7H2,1H3. The van der Waals surface area contributed by atoms with E-state index in [0.29, 0.717) is 6.54 Å². The van der Waals surface area contributed by atoms with Crippen molar-refractivity contribution in [3.05, 3.63) is 29.3 Å². The first kappa shape index (κ1) is 12.2. The second kappa shape index (κ2) is 4.53. The number of nitriles is 1. The number of rotatable bonds is 4. The summed E-state index contributed by atoms with van der Waals surface area (Å²) in [4.78, 5) is 0. The lowest BCUT2D eigenvalue weighted by Gasteiger charge is -2.15. The van der Waals surface area contributed by atoms with E-state index in [1.165, 1.54) is 0 Å². The predicted molar refractivity (Wildman–Crippen MR) is 65.0 cm³/mol. The second-order valence-electron chi connectivity index (χ2n) is 4.17. The lowest BCUT2D eigenvalue weighted by Crippen LogP contribution is -2.18. The maximum Gasteiger partial charge on any atom is 0.150 e. The molecule has 5 heteroatoms. The first-order valence-electron chi connectivity index (χ1n) is 5.28. The number of thioether (sulfide) groups is 1. The van der Waals surface area contributed by atoms with Crippen LogP contribution in [0.25, 0.3) is 0 Å². The first-order valence-corrected chi connectivity index (χ1v) is 6.51. The first-order chi connectivity index (χ1) is 8.10. The van der Waals surface area contributed by atoms with Gasteiger partial charge < -0.3 is 5.32 Å². The number of benzene rings is 1. The highest BCUT2D eigenvalue weighted by atomic mass is 32.2. The second-order valence-corrected chi connectivity index (χ2v) is 5.44. The summed E-state index contributed by atoms with van der Waals surface area (Å²) in [6.45, 7) is 0.550. The molecule has 0 radical (unpaired) electrons. The Bertz CT molecular complexity index is 455. The van der Waals surface area contributed by atoms with E-state index >= 15 is 0 Å². The van der Waals surface area contributed by atoms with Gasteiger partial charge in [-0.05, 0) is 31.2 Å². The number of hydrogen-bond acceptors (Lipinski definition) is 3. The van der Waals surface area contributed by atoms with E-state index in [4.69, 9.17) is 5.26 Å². The molecule has 0 spiro atoms. The molecule has 0 saturated heterocycles. The van der Waals surface area contributed by atoms with Crippen LogP contribution in [0.4, 0.5) is 14.5 Å². The van der Waals surface area contributed by atoms with Crippen molar-refractivity contribution in [2.24, 2.45) is 0 Å². The minimum Gasteiger partial charge on any atom is -0.379 e. The van der Waals surface area contributed by atoms with E-state index in [9.17, 15) is 8.78 Å². The monoisotopic (exact) mass is 254 g/mol.